The van der Waals surface area contributed by atoms with Crippen LogP contribution < -0.4 is 0 Å². The molecular formula is C14H9Cl4F8NO2S. The zero-order chi connectivity index (χ0) is 23.7. The lowest BCUT2D eigenvalue weighted by atomic mass is 9.85. The van der Waals surface area contributed by atoms with E-state index in [-0.39, 0.29) is 23.7 Å². The van der Waals surface area contributed by atoms with Crippen LogP contribution in [-0.2, 0) is 9.59 Å². The maximum Gasteiger partial charge on any atom is 0.460 e. The van der Waals surface area contributed by atoms with Crippen molar-refractivity contribution >= 4 is 70.2 Å². The number of rotatable bonds is 4. The summed E-state index contributed by atoms with van der Waals surface area (Å²) in [4.78, 5) is 23.1. The molecule has 3 nitrogen and oxygen atoms in total. The summed E-state index contributed by atoms with van der Waals surface area (Å²) in [7, 11) is 0. The summed E-state index contributed by atoms with van der Waals surface area (Å²) in [5.41, 5.74) is 0. The molecule has 2 rings (SSSR count). The van der Waals surface area contributed by atoms with Gasteiger partial charge >= 0.3 is 18.2 Å². The van der Waals surface area contributed by atoms with Gasteiger partial charge in [-0.15, -0.1) is 23.2 Å². The fraction of sp³-hybridized carbons (Fsp3) is 0.571. The average Bonchev–Trinajstić information content (AvgIpc) is 2.85. The molecule has 0 saturated carbocycles. The molecule has 0 spiro atoms. The molecule has 0 aromatic rings. The van der Waals surface area contributed by atoms with Gasteiger partial charge in [-0.2, -0.15) is 35.1 Å². The van der Waals surface area contributed by atoms with E-state index in [9.17, 15) is 44.7 Å². The van der Waals surface area contributed by atoms with Crippen LogP contribution in [0.25, 0.3) is 0 Å². The van der Waals surface area contributed by atoms with Crippen LogP contribution in [-0.4, -0.2) is 36.7 Å². The van der Waals surface area contributed by atoms with Crippen LogP contribution in [0, 0.1) is 11.8 Å². The van der Waals surface area contributed by atoms with Crippen LogP contribution in [0.2, 0.25) is 0 Å². The molecule has 2 unspecified atom stereocenters. The molecule has 1 aliphatic carbocycles. The lowest BCUT2D eigenvalue weighted by molar-refractivity contribution is -0.271. The van der Waals surface area contributed by atoms with Gasteiger partial charge in [0.2, 0.25) is 21.3 Å². The molecule has 0 N–H and O–H groups in total. The second-order valence-electron chi connectivity index (χ2n) is 5.73. The van der Waals surface area contributed by atoms with E-state index in [0.717, 1.165) is 4.31 Å². The van der Waals surface area contributed by atoms with Gasteiger partial charge in [-0.1, -0.05) is 35.4 Å². The molecule has 2 atom stereocenters. The van der Waals surface area contributed by atoms with Gasteiger partial charge in [-0.05, 0) is 12.8 Å². The number of hydrogen-bond acceptors (Lipinski definition) is 3. The van der Waals surface area contributed by atoms with Crippen LogP contribution in [0.1, 0.15) is 12.8 Å². The van der Waals surface area contributed by atoms with Crippen molar-refractivity contribution in [2.45, 2.75) is 33.4 Å². The van der Waals surface area contributed by atoms with Gasteiger partial charge in [0.15, 0.2) is 4.84 Å². The second kappa shape index (κ2) is 10.0. The van der Waals surface area contributed by atoms with Gasteiger partial charge in [-0.25, -0.2) is 4.31 Å². The maximum atomic E-state index is 12.1. The van der Waals surface area contributed by atoms with E-state index in [1.54, 1.807) is 0 Å². The highest BCUT2D eigenvalue weighted by molar-refractivity contribution is 8.02. The summed E-state index contributed by atoms with van der Waals surface area (Å²) in [5.74, 6) is -11.1. The smallest absolute Gasteiger partial charge is 0.273 e. The first-order valence-corrected chi connectivity index (χ1v) is 9.89. The third kappa shape index (κ3) is 6.08. The number of carbonyl (C=O) groups excluding carboxylic acids is 2. The quantitative estimate of drug-likeness (QED) is 0.128. The molecule has 1 aliphatic heterocycles. The standard InChI is InChI=1S/C10H9Cl4NO2S.C4F8/c11-9(12)10(13,14)18-15-7(16)5-3-1-2-4-6(5)8(15)17;5-1(2(6)7)3(8,9)4(10,11)12/h1-2,5-6,9H,3-4H2;. The Morgan fingerprint density at radius 2 is 1.37 bits per heavy atom. The van der Waals surface area contributed by atoms with E-state index >= 15 is 0 Å². The predicted octanol–water partition coefficient (Wildman–Crippen LogP) is 6.78. The van der Waals surface area contributed by atoms with Crippen LogP contribution in [0.5, 0.6) is 0 Å². The first kappa shape index (κ1) is 27.6. The molecular weight excluding hydrogens is 540 g/mol. The minimum absolute atomic E-state index is 0.279. The monoisotopic (exact) mass is 547 g/mol. The zero-order valence-corrected chi connectivity index (χ0v) is 17.8. The molecule has 0 aromatic carbocycles. The summed E-state index contributed by atoms with van der Waals surface area (Å²) in [5, 5.41) is 0. The average molecular weight is 549 g/mol. The minimum atomic E-state index is -6.35. The van der Waals surface area contributed by atoms with E-state index < -0.39 is 32.5 Å². The van der Waals surface area contributed by atoms with E-state index in [1.807, 2.05) is 12.2 Å². The maximum absolute atomic E-state index is 12.1. The van der Waals surface area contributed by atoms with Gasteiger partial charge in [-0.3, -0.25) is 9.59 Å². The highest BCUT2D eigenvalue weighted by Gasteiger charge is 2.63. The van der Waals surface area contributed by atoms with Crippen LogP contribution in [0.3, 0.4) is 0 Å². The first-order chi connectivity index (χ1) is 13.4. The number of amides is 2. The molecule has 2 amide bonds. The Bertz CT molecular complexity index is 714. The molecule has 2 aliphatic rings. The predicted molar refractivity (Wildman–Crippen MR) is 96.1 cm³/mol. The Hall–Kier alpha value is -0.430. The fourth-order valence-electron chi connectivity index (χ4n) is 2.26. The van der Waals surface area contributed by atoms with Crippen molar-refractivity contribution < 1.29 is 44.7 Å². The van der Waals surface area contributed by atoms with Crippen molar-refractivity contribution in [3.63, 3.8) is 0 Å². The highest BCUT2D eigenvalue weighted by atomic mass is 35.5. The number of fused-ring (bicyclic) bond motifs is 1. The van der Waals surface area contributed by atoms with Crippen molar-refractivity contribution in [2.24, 2.45) is 11.8 Å². The number of carbonyl (C=O) groups is 2. The molecule has 1 heterocycles. The van der Waals surface area contributed by atoms with E-state index in [2.05, 4.69) is 0 Å². The third-order valence-electron chi connectivity index (χ3n) is 3.73. The Kier molecular flexibility index (Phi) is 9.21. The minimum Gasteiger partial charge on any atom is -0.273 e. The summed E-state index contributed by atoms with van der Waals surface area (Å²) >= 11 is 23.7. The molecule has 0 bridgehead atoms. The first-order valence-electron chi connectivity index (χ1n) is 7.48. The van der Waals surface area contributed by atoms with Crippen LogP contribution in [0.15, 0.2) is 24.1 Å². The highest BCUT2D eigenvalue weighted by Crippen LogP contribution is 2.48. The SMILES string of the molecule is FC(F)=C(F)C(F)(F)C(F)(F)F.O=C1C2CC=CCC2C(=O)N1SC(Cl)(Cl)C(Cl)Cl. The summed E-state index contributed by atoms with van der Waals surface area (Å²) in [6, 6.07) is 0. The number of nitrogens with zero attached hydrogens (tertiary/aromatic N) is 1. The zero-order valence-electron chi connectivity index (χ0n) is 14.0. The largest absolute Gasteiger partial charge is 0.460 e. The molecule has 172 valence electrons. The van der Waals surface area contributed by atoms with E-state index in [4.69, 9.17) is 46.4 Å². The molecule has 1 fully saturated rings. The van der Waals surface area contributed by atoms with Crippen molar-refractivity contribution in [3.05, 3.63) is 24.1 Å². The Morgan fingerprint density at radius 1 is 0.967 bits per heavy atom. The number of allylic oxidation sites excluding steroid dienone is 3. The second-order valence-corrected chi connectivity index (χ2v) is 9.85. The van der Waals surface area contributed by atoms with Gasteiger partial charge in [0.25, 0.3) is 0 Å². The fourth-order valence-corrected chi connectivity index (χ4v) is 3.69. The van der Waals surface area contributed by atoms with Crippen molar-refractivity contribution in [1.29, 1.82) is 0 Å². The lowest BCUT2D eigenvalue weighted by Gasteiger charge is -2.24. The van der Waals surface area contributed by atoms with Crippen molar-refractivity contribution in [1.82, 2.24) is 4.31 Å². The molecule has 1 saturated heterocycles. The Morgan fingerprint density at radius 3 is 1.63 bits per heavy atom. The van der Waals surface area contributed by atoms with E-state index in [0.29, 0.717) is 24.8 Å². The topological polar surface area (TPSA) is 37.4 Å². The molecule has 0 aromatic heterocycles. The van der Waals surface area contributed by atoms with Crippen molar-refractivity contribution in [2.75, 3.05) is 0 Å². The van der Waals surface area contributed by atoms with Crippen molar-refractivity contribution in [3.8, 4) is 0 Å². The third-order valence-corrected chi connectivity index (χ3v) is 6.96. The summed E-state index contributed by atoms with van der Waals surface area (Å²) in [6.45, 7) is 0. The number of alkyl halides is 9. The van der Waals surface area contributed by atoms with Gasteiger partial charge in [0.05, 0.1) is 11.8 Å². The number of imide groups is 1. The van der Waals surface area contributed by atoms with E-state index in [1.165, 1.54) is 0 Å². The lowest BCUT2D eigenvalue weighted by Crippen LogP contribution is -2.37. The number of halogens is 12. The van der Waals surface area contributed by atoms with Gasteiger partial charge in [0, 0.05) is 11.9 Å². The Labute approximate surface area is 188 Å². The van der Waals surface area contributed by atoms with Gasteiger partial charge in [0.1, 0.15) is 0 Å². The molecule has 30 heavy (non-hydrogen) atoms. The molecule has 0 radical (unpaired) electrons. The number of hydrogen-bond donors (Lipinski definition) is 0. The van der Waals surface area contributed by atoms with Crippen LogP contribution >= 0.6 is 58.4 Å². The molecule has 16 heteroatoms. The van der Waals surface area contributed by atoms with Crippen LogP contribution in [0.4, 0.5) is 35.1 Å². The normalized spacial score (nSPS) is 22.1. The van der Waals surface area contributed by atoms with Gasteiger partial charge < -0.3 is 0 Å². The summed E-state index contributed by atoms with van der Waals surface area (Å²) < 4.78 is 89.1. The Balaban J connectivity index is 0.000000329. The summed E-state index contributed by atoms with van der Waals surface area (Å²) in [6.07, 6.45) is -5.09.